The van der Waals surface area contributed by atoms with E-state index in [0.29, 0.717) is 6.54 Å². The zero-order valence-electron chi connectivity index (χ0n) is 10.0. The maximum atomic E-state index is 5.67. The standard InChI is InChI=1S/C14H14BrNOS/c1-17-12-2-4-13(5-3-12)18-14-7-10(9-16)6-11(15)8-14/h2-8H,9,16H2,1H3. The van der Waals surface area contributed by atoms with Crippen LogP contribution in [0.3, 0.4) is 0 Å². The van der Waals surface area contributed by atoms with E-state index in [0.717, 1.165) is 15.8 Å². The lowest BCUT2D eigenvalue weighted by molar-refractivity contribution is 0.414. The predicted octanol–water partition coefficient (Wildman–Crippen LogP) is 4.07. The van der Waals surface area contributed by atoms with Crippen molar-refractivity contribution in [3.8, 4) is 5.75 Å². The van der Waals surface area contributed by atoms with Crippen molar-refractivity contribution in [2.45, 2.75) is 16.3 Å². The summed E-state index contributed by atoms with van der Waals surface area (Å²) in [7, 11) is 1.67. The molecule has 4 heteroatoms. The van der Waals surface area contributed by atoms with Crippen molar-refractivity contribution in [2.24, 2.45) is 5.73 Å². The van der Waals surface area contributed by atoms with E-state index in [4.69, 9.17) is 10.5 Å². The van der Waals surface area contributed by atoms with Crippen LogP contribution in [0, 0.1) is 0 Å². The summed E-state index contributed by atoms with van der Waals surface area (Å²) in [6, 6.07) is 14.3. The van der Waals surface area contributed by atoms with Gasteiger partial charge in [-0.2, -0.15) is 0 Å². The molecule has 0 aliphatic carbocycles. The summed E-state index contributed by atoms with van der Waals surface area (Å²) in [6.07, 6.45) is 0. The summed E-state index contributed by atoms with van der Waals surface area (Å²) < 4.78 is 6.20. The van der Waals surface area contributed by atoms with Crippen LogP contribution in [0.15, 0.2) is 56.7 Å². The highest BCUT2D eigenvalue weighted by molar-refractivity contribution is 9.10. The Morgan fingerprint density at radius 3 is 2.44 bits per heavy atom. The number of halogens is 1. The highest BCUT2D eigenvalue weighted by Crippen LogP contribution is 2.31. The third kappa shape index (κ3) is 3.51. The maximum Gasteiger partial charge on any atom is 0.118 e. The van der Waals surface area contributed by atoms with Crippen molar-refractivity contribution in [3.05, 3.63) is 52.5 Å². The van der Waals surface area contributed by atoms with Crippen molar-refractivity contribution >= 4 is 27.7 Å². The first kappa shape index (κ1) is 13.5. The van der Waals surface area contributed by atoms with E-state index in [1.807, 2.05) is 30.3 Å². The van der Waals surface area contributed by atoms with Crippen LogP contribution in [0.25, 0.3) is 0 Å². The molecule has 0 bridgehead atoms. The predicted molar refractivity (Wildman–Crippen MR) is 79.2 cm³/mol. The summed E-state index contributed by atoms with van der Waals surface area (Å²) in [5.74, 6) is 0.872. The lowest BCUT2D eigenvalue weighted by Crippen LogP contribution is -1.96. The normalized spacial score (nSPS) is 10.4. The largest absolute Gasteiger partial charge is 0.497 e. The van der Waals surface area contributed by atoms with Gasteiger partial charge in [-0.15, -0.1) is 0 Å². The minimum atomic E-state index is 0.551. The van der Waals surface area contributed by atoms with Crippen molar-refractivity contribution in [1.29, 1.82) is 0 Å². The van der Waals surface area contributed by atoms with Gasteiger partial charge in [-0.05, 0) is 48.0 Å². The van der Waals surface area contributed by atoms with Crippen LogP contribution in [-0.2, 0) is 6.54 Å². The van der Waals surface area contributed by atoms with Gasteiger partial charge in [0.15, 0.2) is 0 Å². The second-order valence-electron chi connectivity index (χ2n) is 3.78. The van der Waals surface area contributed by atoms with Crippen LogP contribution in [-0.4, -0.2) is 7.11 Å². The number of benzene rings is 2. The van der Waals surface area contributed by atoms with E-state index in [-0.39, 0.29) is 0 Å². The summed E-state index contributed by atoms with van der Waals surface area (Å²) >= 11 is 5.21. The van der Waals surface area contributed by atoms with E-state index in [2.05, 4.69) is 28.1 Å². The average molecular weight is 324 g/mol. The average Bonchev–Trinajstić information content (AvgIpc) is 2.39. The molecule has 0 unspecified atom stereocenters. The van der Waals surface area contributed by atoms with Crippen molar-refractivity contribution in [2.75, 3.05) is 7.11 Å². The third-order valence-electron chi connectivity index (χ3n) is 2.46. The fraction of sp³-hybridized carbons (Fsp3) is 0.143. The minimum absolute atomic E-state index is 0.551. The Hall–Kier alpha value is -0.970. The molecule has 0 saturated carbocycles. The van der Waals surface area contributed by atoms with Crippen LogP contribution in [0.5, 0.6) is 5.75 Å². The first-order valence-corrected chi connectivity index (χ1v) is 7.13. The van der Waals surface area contributed by atoms with E-state index in [1.54, 1.807) is 18.9 Å². The number of hydrogen-bond donors (Lipinski definition) is 1. The van der Waals surface area contributed by atoms with Crippen molar-refractivity contribution in [3.63, 3.8) is 0 Å². The molecule has 0 spiro atoms. The summed E-state index contributed by atoms with van der Waals surface area (Å²) in [4.78, 5) is 2.35. The van der Waals surface area contributed by atoms with Crippen LogP contribution in [0.1, 0.15) is 5.56 Å². The van der Waals surface area contributed by atoms with Crippen molar-refractivity contribution < 1.29 is 4.74 Å². The molecule has 0 atom stereocenters. The SMILES string of the molecule is COc1ccc(Sc2cc(Br)cc(CN)c2)cc1. The smallest absolute Gasteiger partial charge is 0.118 e. The number of ether oxygens (including phenoxy) is 1. The summed E-state index contributed by atoms with van der Waals surface area (Å²) in [5, 5.41) is 0. The molecule has 0 aliphatic heterocycles. The molecule has 2 nitrogen and oxygen atoms in total. The molecule has 0 aromatic heterocycles. The Morgan fingerprint density at radius 2 is 1.83 bits per heavy atom. The Bertz CT molecular complexity index is 528. The number of methoxy groups -OCH3 is 1. The van der Waals surface area contributed by atoms with E-state index in [9.17, 15) is 0 Å². The zero-order chi connectivity index (χ0) is 13.0. The van der Waals surface area contributed by atoms with E-state index >= 15 is 0 Å². The van der Waals surface area contributed by atoms with Crippen LogP contribution in [0.4, 0.5) is 0 Å². The van der Waals surface area contributed by atoms with Crippen molar-refractivity contribution in [1.82, 2.24) is 0 Å². The summed E-state index contributed by atoms with van der Waals surface area (Å²) in [5.41, 5.74) is 6.80. The fourth-order valence-electron chi connectivity index (χ4n) is 1.58. The molecule has 94 valence electrons. The number of hydrogen-bond acceptors (Lipinski definition) is 3. The molecule has 18 heavy (non-hydrogen) atoms. The van der Waals surface area contributed by atoms with Gasteiger partial charge < -0.3 is 10.5 Å². The van der Waals surface area contributed by atoms with Gasteiger partial charge in [0.25, 0.3) is 0 Å². The number of nitrogens with two attached hydrogens (primary N) is 1. The van der Waals surface area contributed by atoms with Crippen LogP contribution in [0.2, 0.25) is 0 Å². The van der Waals surface area contributed by atoms with Gasteiger partial charge in [-0.25, -0.2) is 0 Å². The summed E-state index contributed by atoms with van der Waals surface area (Å²) in [6.45, 7) is 0.551. The van der Waals surface area contributed by atoms with Gasteiger partial charge in [0.2, 0.25) is 0 Å². The molecular weight excluding hydrogens is 310 g/mol. The minimum Gasteiger partial charge on any atom is -0.497 e. The van der Waals surface area contributed by atoms with Crippen LogP contribution < -0.4 is 10.5 Å². The van der Waals surface area contributed by atoms with Gasteiger partial charge in [-0.3, -0.25) is 0 Å². The molecule has 2 aromatic rings. The number of rotatable bonds is 4. The molecule has 0 radical (unpaired) electrons. The Kier molecular flexibility index (Phi) is 4.69. The molecule has 0 amide bonds. The molecular formula is C14H14BrNOS. The highest BCUT2D eigenvalue weighted by atomic mass is 79.9. The highest BCUT2D eigenvalue weighted by Gasteiger charge is 2.01. The van der Waals surface area contributed by atoms with Gasteiger partial charge in [0.1, 0.15) is 5.75 Å². The third-order valence-corrected chi connectivity index (χ3v) is 3.90. The monoisotopic (exact) mass is 323 g/mol. The van der Waals surface area contributed by atoms with Gasteiger partial charge in [0, 0.05) is 20.8 Å². The molecule has 0 saturated heterocycles. The van der Waals surface area contributed by atoms with Gasteiger partial charge in [0.05, 0.1) is 7.11 Å². The Balaban J connectivity index is 2.19. The Labute approximate surface area is 120 Å². The maximum absolute atomic E-state index is 5.67. The topological polar surface area (TPSA) is 35.2 Å². The van der Waals surface area contributed by atoms with Gasteiger partial charge in [-0.1, -0.05) is 27.7 Å². The molecule has 2 N–H and O–H groups in total. The molecule has 0 fully saturated rings. The first-order valence-electron chi connectivity index (χ1n) is 5.52. The molecule has 2 aromatic carbocycles. The lowest BCUT2D eigenvalue weighted by atomic mass is 10.2. The molecule has 0 aliphatic rings. The first-order chi connectivity index (χ1) is 8.71. The second-order valence-corrected chi connectivity index (χ2v) is 5.84. The quantitative estimate of drug-likeness (QED) is 0.921. The van der Waals surface area contributed by atoms with Crippen LogP contribution >= 0.6 is 27.7 Å². The lowest BCUT2D eigenvalue weighted by Gasteiger charge is -2.06. The second kappa shape index (κ2) is 6.27. The molecule has 0 heterocycles. The van der Waals surface area contributed by atoms with E-state index in [1.165, 1.54) is 9.79 Å². The fourth-order valence-corrected chi connectivity index (χ4v) is 3.21. The Morgan fingerprint density at radius 1 is 1.11 bits per heavy atom. The van der Waals surface area contributed by atoms with Gasteiger partial charge >= 0.3 is 0 Å². The zero-order valence-corrected chi connectivity index (χ0v) is 12.4. The van der Waals surface area contributed by atoms with E-state index < -0.39 is 0 Å². The molecule has 2 rings (SSSR count).